The number of hydrogen-bond acceptors (Lipinski definition) is 5. The molecule has 1 aromatic heterocycles. The van der Waals surface area contributed by atoms with E-state index in [2.05, 4.69) is 26.3 Å². The molecule has 1 unspecified atom stereocenters. The number of halogens is 1. The van der Waals surface area contributed by atoms with Gasteiger partial charge in [0.1, 0.15) is 4.47 Å². The molecule has 1 atom stereocenters. The molecule has 1 aliphatic carbocycles. The van der Waals surface area contributed by atoms with Crippen molar-refractivity contribution < 1.29 is 0 Å². The smallest absolute Gasteiger partial charge is 0.283 e. The number of nitrogens with zero attached hydrogens (tertiary/aromatic N) is 2. The normalized spacial score (nSPS) is 22.8. The van der Waals surface area contributed by atoms with Crippen molar-refractivity contribution in [3.8, 4) is 0 Å². The van der Waals surface area contributed by atoms with E-state index in [4.69, 9.17) is 0 Å². The van der Waals surface area contributed by atoms with Crippen LogP contribution in [0, 0.1) is 5.92 Å². The summed E-state index contributed by atoms with van der Waals surface area (Å²) in [7, 11) is 0. The van der Waals surface area contributed by atoms with E-state index in [1.54, 1.807) is 10.9 Å². The number of aromatic nitrogens is 2. The highest BCUT2D eigenvalue weighted by Crippen LogP contribution is 2.30. The highest BCUT2D eigenvalue weighted by molar-refractivity contribution is 9.10. The van der Waals surface area contributed by atoms with Crippen LogP contribution >= 0.6 is 39.5 Å². The van der Waals surface area contributed by atoms with Gasteiger partial charge in [0, 0.05) is 35.6 Å². The van der Waals surface area contributed by atoms with Crippen LogP contribution in [0.5, 0.6) is 0 Å². The van der Waals surface area contributed by atoms with Crippen LogP contribution in [0.1, 0.15) is 12.8 Å². The topological polar surface area (TPSA) is 46.9 Å². The third kappa shape index (κ3) is 3.74. The van der Waals surface area contributed by atoms with Crippen LogP contribution in [-0.4, -0.2) is 38.8 Å². The van der Waals surface area contributed by atoms with Gasteiger partial charge in [-0.3, -0.25) is 4.79 Å². The fraction of sp³-hybridized carbons (Fsp3) is 0.692. The van der Waals surface area contributed by atoms with Gasteiger partial charge in [0.15, 0.2) is 0 Å². The molecule has 1 aliphatic heterocycles. The zero-order valence-electron chi connectivity index (χ0n) is 11.2. The molecule has 1 saturated heterocycles. The molecule has 7 heteroatoms. The minimum absolute atomic E-state index is 0.0208. The van der Waals surface area contributed by atoms with Crippen molar-refractivity contribution in [1.82, 2.24) is 9.78 Å². The molecule has 2 heterocycles. The van der Waals surface area contributed by atoms with Gasteiger partial charge in [-0.1, -0.05) is 0 Å². The summed E-state index contributed by atoms with van der Waals surface area (Å²) in [6.45, 7) is 1.65. The fourth-order valence-electron chi connectivity index (χ4n) is 2.14. The molecule has 1 saturated carbocycles. The number of thioether (sulfide) groups is 2. The van der Waals surface area contributed by atoms with Gasteiger partial charge >= 0.3 is 0 Å². The Morgan fingerprint density at radius 1 is 1.45 bits per heavy atom. The van der Waals surface area contributed by atoms with Gasteiger partial charge in [-0.05, 0) is 34.7 Å². The Labute approximate surface area is 135 Å². The summed E-state index contributed by atoms with van der Waals surface area (Å²) >= 11 is 7.44. The quantitative estimate of drug-likeness (QED) is 0.856. The van der Waals surface area contributed by atoms with E-state index in [1.165, 1.54) is 30.1 Å². The van der Waals surface area contributed by atoms with Crippen molar-refractivity contribution in [2.45, 2.75) is 24.6 Å². The second-order valence-corrected chi connectivity index (χ2v) is 8.60. The zero-order valence-corrected chi connectivity index (χ0v) is 14.4. The number of hydrogen-bond donors (Lipinski definition) is 1. The summed E-state index contributed by atoms with van der Waals surface area (Å²) in [4.78, 5) is 12.2. The van der Waals surface area contributed by atoms with E-state index >= 15 is 0 Å². The van der Waals surface area contributed by atoms with E-state index < -0.39 is 0 Å². The Hall–Kier alpha value is -0.140. The van der Waals surface area contributed by atoms with E-state index in [0.29, 0.717) is 15.6 Å². The first-order valence-electron chi connectivity index (χ1n) is 6.93. The second kappa shape index (κ2) is 6.75. The summed E-state index contributed by atoms with van der Waals surface area (Å²) in [6, 6.07) is 0. The fourth-order valence-corrected chi connectivity index (χ4v) is 5.20. The molecule has 4 nitrogen and oxygen atoms in total. The Morgan fingerprint density at radius 2 is 2.30 bits per heavy atom. The van der Waals surface area contributed by atoms with E-state index in [9.17, 15) is 4.79 Å². The Kier molecular flexibility index (Phi) is 4.99. The highest BCUT2D eigenvalue weighted by Gasteiger charge is 2.23. The second-order valence-electron chi connectivity index (χ2n) is 5.25. The average molecular weight is 376 g/mol. The average Bonchev–Trinajstić information content (AvgIpc) is 3.28. The molecule has 0 spiro atoms. The van der Waals surface area contributed by atoms with Gasteiger partial charge in [-0.15, -0.1) is 0 Å². The monoisotopic (exact) mass is 375 g/mol. The molecule has 110 valence electrons. The lowest BCUT2D eigenvalue weighted by atomic mass is 10.4. The third-order valence-electron chi connectivity index (χ3n) is 3.52. The van der Waals surface area contributed by atoms with Crippen molar-refractivity contribution in [1.29, 1.82) is 0 Å². The van der Waals surface area contributed by atoms with Crippen LogP contribution in [0.4, 0.5) is 5.69 Å². The SMILES string of the molecule is O=c1c(Br)c(NCC2CSCCS2)cnn1CC1CC1. The first kappa shape index (κ1) is 14.8. The molecule has 1 aromatic rings. The van der Waals surface area contributed by atoms with Crippen LogP contribution in [0.15, 0.2) is 15.5 Å². The van der Waals surface area contributed by atoms with Crippen molar-refractivity contribution in [3.63, 3.8) is 0 Å². The minimum Gasteiger partial charge on any atom is -0.382 e. The Bertz CT molecular complexity index is 527. The lowest BCUT2D eigenvalue weighted by molar-refractivity contribution is 0.532. The van der Waals surface area contributed by atoms with Crippen LogP contribution < -0.4 is 10.9 Å². The summed E-state index contributed by atoms with van der Waals surface area (Å²) in [6.07, 6.45) is 4.22. The van der Waals surface area contributed by atoms with E-state index in [1.807, 2.05) is 23.5 Å². The number of anilines is 1. The van der Waals surface area contributed by atoms with Gasteiger partial charge in [0.2, 0.25) is 0 Å². The van der Waals surface area contributed by atoms with Gasteiger partial charge in [0.05, 0.1) is 11.9 Å². The minimum atomic E-state index is -0.0208. The van der Waals surface area contributed by atoms with Gasteiger partial charge < -0.3 is 5.32 Å². The largest absolute Gasteiger partial charge is 0.382 e. The van der Waals surface area contributed by atoms with Gasteiger partial charge in [-0.25, -0.2) is 4.68 Å². The standard InChI is InChI=1S/C13H18BrN3OS2/c14-12-11(15-5-10-8-19-3-4-20-10)6-16-17(13(12)18)7-9-1-2-9/h6,9-10,15H,1-5,7-8H2. The molecule has 0 aromatic carbocycles. The van der Waals surface area contributed by atoms with E-state index in [-0.39, 0.29) is 5.56 Å². The molecular weight excluding hydrogens is 358 g/mol. The molecule has 2 fully saturated rings. The Morgan fingerprint density at radius 3 is 3.00 bits per heavy atom. The molecular formula is C13H18BrN3OS2. The predicted molar refractivity (Wildman–Crippen MR) is 91.0 cm³/mol. The molecule has 0 bridgehead atoms. The van der Waals surface area contributed by atoms with Crippen molar-refractivity contribution in [2.24, 2.45) is 5.92 Å². The van der Waals surface area contributed by atoms with Crippen LogP contribution in [-0.2, 0) is 6.54 Å². The van der Waals surface area contributed by atoms with Gasteiger partial charge in [0.25, 0.3) is 5.56 Å². The third-order valence-corrected chi connectivity index (χ3v) is 7.13. The number of rotatable bonds is 5. The number of nitrogens with one attached hydrogen (secondary N) is 1. The molecule has 0 radical (unpaired) electrons. The Balaban J connectivity index is 1.63. The zero-order chi connectivity index (χ0) is 13.9. The summed E-state index contributed by atoms with van der Waals surface area (Å²) in [5, 5.41) is 8.27. The molecule has 0 amide bonds. The maximum Gasteiger partial charge on any atom is 0.283 e. The summed E-state index contributed by atoms with van der Waals surface area (Å²) in [5.74, 6) is 4.31. The maximum atomic E-state index is 12.2. The lowest BCUT2D eigenvalue weighted by Crippen LogP contribution is -2.27. The molecule has 20 heavy (non-hydrogen) atoms. The molecule has 2 aliphatic rings. The summed E-state index contributed by atoms with van der Waals surface area (Å²) in [5.41, 5.74) is 0.797. The molecule has 3 rings (SSSR count). The predicted octanol–water partition coefficient (Wildman–Crippen LogP) is 2.68. The van der Waals surface area contributed by atoms with Crippen molar-refractivity contribution in [3.05, 3.63) is 21.0 Å². The van der Waals surface area contributed by atoms with Crippen LogP contribution in [0.3, 0.4) is 0 Å². The lowest BCUT2D eigenvalue weighted by Gasteiger charge is -2.21. The van der Waals surface area contributed by atoms with Crippen molar-refractivity contribution >= 4 is 45.1 Å². The van der Waals surface area contributed by atoms with Gasteiger partial charge in [-0.2, -0.15) is 28.6 Å². The summed E-state index contributed by atoms with van der Waals surface area (Å²) < 4.78 is 2.19. The highest BCUT2D eigenvalue weighted by atomic mass is 79.9. The first-order chi connectivity index (χ1) is 9.74. The van der Waals surface area contributed by atoms with Crippen LogP contribution in [0.2, 0.25) is 0 Å². The van der Waals surface area contributed by atoms with Crippen LogP contribution in [0.25, 0.3) is 0 Å². The first-order valence-corrected chi connectivity index (χ1v) is 9.92. The van der Waals surface area contributed by atoms with E-state index in [0.717, 1.165) is 18.8 Å². The van der Waals surface area contributed by atoms with Crippen molar-refractivity contribution in [2.75, 3.05) is 29.1 Å². The molecule has 1 N–H and O–H groups in total. The maximum absolute atomic E-state index is 12.2.